The largest absolute Gasteiger partial charge is 0.485 e. The fourth-order valence-corrected chi connectivity index (χ4v) is 1.74. The summed E-state index contributed by atoms with van der Waals surface area (Å²) in [6, 6.07) is 5.84. The van der Waals surface area contributed by atoms with Crippen molar-refractivity contribution < 1.29 is 14.6 Å². The van der Waals surface area contributed by atoms with E-state index in [0.29, 0.717) is 5.82 Å². The minimum atomic E-state index is -0.999. The number of hydrogen-bond donors (Lipinski definition) is 1. The number of aromatic nitrogens is 4. The molecule has 1 N–H and O–H groups in total. The molecule has 0 aliphatic heterocycles. The number of hydrogen-bond acceptors (Lipinski definition) is 5. The number of tetrazole rings is 1. The summed E-state index contributed by atoms with van der Waals surface area (Å²) in [6.07, 6.45) is 0. The van der Waals surface area contributed by atoms with Gasteiger partial charge in [0.05, 0.1) is 0 Å². The fraction of sp³-hybridized carbons (Fsp3) is 0.333. The zero-order valence-corrected chi connectivity index (χ0v) is 10.7. The molecule has 1 aromatic carbocycles. The van der Waals surface area contributed by atoms with Gasteiger partial charge in [-0.25, -0.2) is 4.68 Å². The van der Waals surface area contributed by atoms with Crippen LogP contribution in [0, 0.1) is 13.8 Å². The predicted molar refractivity (Wildman–Crippen MR) is 65.7 cm³/mol. The summed E-state index contributed by atoms with van der Waals surface area (Å²) in [7, 11) is 0. The van der Waals surface area contributed by atoms with E-state index in [4.69, 9.17) is 9.84 Å². The lowest BCUT2D eigenvalue weighted by molar-refractivity contribution is -0.138. The SMILES string of the molecule is Cc1cccc(C)c1OCc1nnnn1CC(=O)O. The Balaban J connectivity index is 2.11. The van der Waals surface area contributed by atoms with Gasteiger partial charge in [0.1, 0.15) is 18.9 Å². The summed E-state index contributed by atoms with van der Waals surface area (Å²) >= 11 is 0. The topological polar surface area (TPSA) is 90.1 Å². The summed E-state index contributed by atoms with van der Waals surface area (Å²) < 4.78 is 6.88. The fourth-order valence-electron chi connectivity index (χ4n) is 1.74. The van der Waals surface area contributed by atoms with Gasteiger partial charge >= 0.3 is 5.97 Å². The molecule has 0 spiro atoms. The second-order valence-corrected chi connectivity index (χ2v) is 4.16. The summed E-state index contributed by atoms with van der Waals surface area (Å²) in [5.41, 5.74) is 2.02. The number of benzene rings is 1. The highest BCUT2D eigenvalue weighted by Gasteiger charge is 2.11. The van der Waals surface area contributed by atoms with Crippen LogP contribution in [0.5, 0.6) is 5.75 Å². The molecule has 0 saturated heterocycles. The van der Waals surface area contributed by atoms with E-state index in [2.05, 4.69) is 15.5 Å². The third-order valence-electron chi connectivity index (χ3n) is 2.65. The first kappa shape index (κ1) is 13.0. The van der Waals surface area contributed by atoms with Crippen LogP contribution in [-0.2, 0) is 17.9 Å². The Kier molecular flexibility index (Phi) is 3.74. The van der Waals surface area contributed by atoms with Crippen LogP contribution in [0.4, 0.5) is 0 Å². The number of carboxylic acid groups (broad SMARTS) is 1. The summed E-state index contributed by atoms with van der Waals surface area (Å²) in [6.45, 7) is 3.75. The van der Waals surface area contributed by atoms with E-state index in [1.165, 1.54) is 4.68 Å². The van der Waals surface area contributed by atoms with Crippen LogP contribution in [-0.4, -0.2) is 31.3 Å². The van der Waals surface area contributed by atoms with Gasteiger partial charge in [0.2, 0.25) is 0 Å². The highest BCUT2D eigenvalue weighted by Crippen LogP contribution is 2.22. The van der Waals surface area contributed by atoms with Crippen LogP contribution < -0.4 is 4.74 Å². The molecule has 7 nitrogen and oxygen atoms in total. The van der Waals surface area contributed by atoms with Crippen LogP contribution in [0.15, 0.2) is 18.2 Å². The van der Waals surface area contributed by atoms with Crippen molar-refractivity contribution in [1.82, 2.24) is 20.2 Å². The molecule has 19 heavy (non-hydrogen) atoms. The van der Waals surface area contributed by atoms with Gasteiger partial charge in [-0.15, -0.1) is 5.10 Å². The first-order valence-electron chi connectivity index (χ1n) is 5.74. The van der Waals surface area contributed by atoms with Gasteiger partial charge in [0.15, 0.2) is 5.82 Å². The number of rotatable bonds is 5. The molecule has 0 saturated carbocycles. The van der Waals surface area contributed by atoms with Gasteiger partial charge in [-0.1, -0.05) is 18.2 Å². The van der Waals surface area contributed by atoms with Crippen molar-refractivity contribution in [2.24, 2.45) is 0 Å². The number of carbonyl (C=O) groups is 1. The minimum absolute atomic E-state index is 0.131. The van der Waals surface area contributed by atoms with E-state index >= 15 is 0 Å². The lowest BCUT2D eigenvalue weighted by Crippen LogP contribution is -2.15. The van der Waals surface area contributed by atoms with Gasteiger partial charge in [0, 0.05) is 0 Å². The molecule has 0 fully saturated rings. The van der Waals surface area contributed by atoms with Gasteiger partial charge in [-0.05, 0) is 35.4 Å². The molecule has 0 unspecified atom stereocenters. The first-order chi connectivity index (χ1) is 9.08. The highest BCUT2D eigenvalue weighted by molar-refractivity contribution is 5.66. The van der Waals surface area contributed by atoms with Gasteiger partial charge in [-0.2, -0.15) is 0 Å². The predicted octanol–water partition coefficient (Wildman–Crippen LogP) is 0.954. The van der Waals surface area contributed by atoms with Crippen molar-refractivity contribution in [2.45, 2.75) is 27.0 Å². The lowest BCUT2D eigenvalue weighted by atomic mass is 10.1. The molecular formula is C12H14N4O3. The summed E-state index contributed by atoms with van der Waals surface area (Å²) in [4.78, 5) is 10.6. The number of para-hydroxylation sites is 1. The van der Waals surface area contributed by atoms with Crippen molar-refractivity contribution >= 4 is 5.97 Å². The molecule has 7 heteroatoms. The van der Waals surface area contributed by atoms with Gasteiger partial charge in [-0.3, -0.25) is 4.79 Å². The van der Waals surface area contributed by atoms with Crippen LogP contribution in [0.2, 0.25) is 0 Å². The molecule has 0 bridgehead atoms. The summed E-state index contributed by atoms with van der Waals surface area (Å²) in [5, 5.41) is 19.5. The van der Waals surface area contributed by atoms with Crippen LogP contribution >= 0.6 is 0 Å². The quantitative estimate of drug-likeness (QED) is 0.862. The van der Waals surface area contributed by atoms with E-state index in [0.717, 1.165) is 16.9 Å². The van der Waals surface area contributed by atoms with Gasteiger partial charge in [0.25, 0.3) is 0 Å². The monoisotopic (exact) mass is 262 g/mol. The summed E-state index contributed by atoms with van der Waals surface area (Å²) in [5.74, 6) is 0.151. The van der Waals surface area contributed by atoms with Crippen molar-refractivity contribution in [2.75, 3.05) is 0 Å². The van der Waals surface area contributed by atoms with Crippen molar-refractivity contribution in [1.29, 1.82) is 0 Å². The van der Waals surface area contributed by atoms with Crippen LogP contribution in [0.3, 0.4) is 0 Å². The Labute approximate surface area is 109 Å². The number of aryl methyl sites for hydroxylation is 2. The second kappa shape index (κ2) is 5.47. The first-order valence-corrected chi connectivity index (χ1v) is 5.74. The molecule has 1 heterocycles. The zero-order valence-electron chi connectivity index (χ0n) is 10.7. The molecule has 2 aromatic rings. The average Bonchev–Trinajstić information content (AvgIpc) is 2.75. The molecule has 100 valence electrons. The number of nitrogens with zero attached hydrogens (tertiary/aromatic N) is 4. The number of ether oxygens (including phenoxy) is 1. The third-order valence-corrected chi connectivity index (χ3v) is 2.65. The Hall–Kier alpha value is -2.44. The van der Waals surface area contributed by atoms with Crippen LogP contribution in [0.1, 0.15) is 17.0 Å². The Bertz CT molecular complexity index is 574. The molecule has 1 aromatic heterocycles. The Morgan fingerprint density at radius 3 is 2.68 bits per heavy atom. The lowest BCUT2D eigenvalue weighted by Gasteiger charge is -2.11. The van der Waals surface area contributed by atoms with Gasteiger partial charge < -0.3 is 9.84 Å². The van der Waals surface area contributed by atoms with Crippen molar-refractivity contribution in [3.63, 3.8) is 0 Å². The maximum Gasteiger partial charge on any atom is 0.325 e. The Morgan fingerprint density at radius 1 is 1.37 bits per heavy atom. The maximum absolute atomic E-state index is 10.6. The number of carboxylic acids is 1. The Morgan fingerprint density at radius 2 is 2.05 bits per heavy atom. The standard InChI is InChI=1S/C12H14N4O3/c1-8-4-3-5-9(2)12(8)19-7-10-13-14-15-16(10)6-11(17)18/h3-5H,6-7H2,1-2H3,(H,17,18). The smallest absolute Gasteiger partial charge is 0.325 e. The van der Waals surface area contributed by atoms with Crippen molar-refractivity contribution in [3.8, 4) is 5.75 Å². The molecule has 0 radical (unpaired) electrons. The molecular weight excluding hydrogens is 248 g/mol. The minimum Gasteiger partial charge on any atom is -0.485 e. The average molecular weight is 262 g/mol. The second-order valence-electron chi connectivity index (χ2n) is 4.16. The number of aliphatic carboxylic acids is 1. The molecule has 2 rings (SSSR count). The molecule has 0 amide bonds. The van der Waals surface area contributed by atoms with E-state index in [9.17, 15) is 4.79 Å². The molecule has 0 aliphatic rings. The van der Waals surface area contributed by atoms with E-state index in [-0.39, 0.29) is 13.2 Å². The molecule has 0 atom stereocenters. The van der Waals surface area contributed by atoms with E-state index in [1.807, 2.05) is 32.0 Å². The molecule has 0 aliphatic carbocycles. The highest BCUT2D eigenvalue weighted by atomic mass is 16.5. The van der Waals surface area contributed by atoms with E-state index < -0.39 is 5.97 Å². The van der Waals surface area contributed by atoms with E-state index in [1.54, 1.807) is 0 Å². The normalized spacial score (nSPS) is 10.4. The maximum atomic E-state index is 10.6. The van der Waals surface area contributed by atoms with Crippen molar-refractivity contribution in [3.05, 3.63) is 35.2 Å². The zero-order chi connectivity index (χ0) is 13.8. The third kappa shape index (κ3) is 3.06. The van der Waals surface area contributed by atoms with Crippen LogP contribution in [0.25, 0.3) is 0 Å².